The number of anilines is 1. The number of carbonyl (C=O) groups is 1. The molecule has 2 saturated heterocycles. The predicted molar refractivity (Wildman–Crippen MR) is 126 cm³/mol. The number of carbonyl (C=O) groups excluding carboxylic acids is 1. The molecule has 0 atom stereocenters. The Bertz CT molecular complexity index is 1040. The molecule has 0 bridgehead atoms. The van der Waals surface area contributed by atoms with Crippen molar-refractivity contribution in [2.75, 3.05) is 36.0 Å². The first kappa shape index (κ1) is 20.4. The van der Waals surface area contributed by atoms with E-state index < -0.39 is 0 Å². The first-order chi connectivity index (χ1) is 14.1. The predicted octanol–water partition coefficient (Wildman–Crippen LogP) is 3.25. The zero-order valence-corrected chi connectivity index (χ0v) is 18.6. The quantitative estimate of drug-likeness (QED) is 0.516. The van der Waals surface area contributed by atoms with Crippen molar-refractivity contribution >= 4 is 63.5 Å². The van der Waals surface area contributed by atoms with E-state index in [2.05, 4.69) is 11.8 Å². The third-order valence-electron chi connectivity index (χ3n) is 4.94. The topological polar surface area (TPSA) is 57.9 Å². The van der Waals surface area contributed by atoms with Gasteiger partial charge in [-0.1, -0.05) is 43.4 Å². The van der Waals surface area contributed by atoms with Crippen LogP contribution >= 0.6 is 35.7 Å². The summed E-state index contributed by atoms with van der Waals surface area (Å²) in [5.41, 5.74) is 0.901. The number of amides is 1. The lowest BCUT2D eigenvalue weighted by Gasteiger charge is -2.28. The maximum absolute atomic E-state index is 13.3. The van der Waals surface area contributed by atoms with Gasteiger partial charge in [-0.2, -0.15) is 11.8 Å². The standard InChI is InChI=1S/C20H22N4O2S3/c1-2-3-7-24-19(26)15(29-20(24)27)13-14-17(22-9-11-28-12-10-22)21-16-6-4-5-8-23(16)18(14)25/h4-6,8,13H,2-3,7,9-12H2,1H3/b15-13-. The average molecular weight is 447 g/mol. The Balaban J connectivity index is 1.81. The normalized spacial score (nSPS) is 19.0. The molecule has 2 fully saturated rings. The minimum atomic E-state index is -0.164. The van der Waals surface area contributed by atoms with E-state index >= 15 is 0 Å². The Hall–Kier alpha value is -1.84. The molecule has 0 aliphatic carbocycles. The number of aromatic nitrogens is 2. The molecular weight excluding hydrogens is 424 g/mol. The van der Waals surface area contributed by atoms with Gasteiger partial charge >= 0.3 is 0 Å². The molecule has 1 amide bonds. The summed E-state index contributed by atoms with van der Waals surface area (Å²) in [6.45, 7) is 4.36. The molecule has 0 spiro atoms. The van der Waals surface area contributed by atoms with Crippen LogP contribution in [-0.4, -0.2) is 55.7 Å². The first-order valence-corrected chi connectivity index (χ1v) is 12.1. The van der Waals surface area contributed by atoms with Crippen molar-refractivity contribution in [1.82, 2.24) is 14.3 Å². The summed E-state index contributed by atoms with van der Waals surface area (Å²) in [7, 11) is 0. The van der Waals surface area contributed by atoms with Crippen molar-refractivity contribution in [2.45, 2.75) is 19.8 Å². The molecule has 0 aromatic carbocycles. The summed E-state index contributed by atoms with van der Waals surface area (Å²) >= 11 is 8.57. The van der Waals surface area contributed by atoms with Crippen molar-refractivity contribution in [3.8, 4) is 0 Å². The first-order valence-electron chi connectivity index (χ1n) is 9.69. The van der Waals surface area contributed by atoms with Gasteiger partial charge in [-0.3, -0.25) is 18.9 Å². The van der Waals surface area contributed by atoms with Gasteiger partial charge in [0.25, 0.3) is 11.5 Å². The summed E-state index contributed by atoms with van der Waals surface area (Å²) in [5, 5.41) is 0. The Labute approximate surface area is 183 Å². The van der Waals surface area contributed by atoms with Crippen LogP contribution in [0.5, 0.6) is 0 Å². The second kappa shape index (κ2) is 8.89. The van der Waals surface area contributed by atoms with E-state index in [-0.39, 0.29) is 11.5 Å². The number of thioether (sulfide) groups is 2. The summed E-state index contributed by atoms with van der Waals surface area (Å²) in [6, 6.07) is 5.51. The van der Waals surface area contributed by atoms with Gasteiger partial charge in [-0.25, -0.2) is 4.98 Å². The van der Waals surface area contributed by atoms with Crippen LogP contribution in [0.2, 0.25) is 0 Å². The summed E-state index contributed by atoms with van der Waals surface area (Å²) in [5.74, 6) is 2.52. The van der Waals surface area contributed by atoms with Crippen molar-refractivity contribution in [1.29, 1.82) is 0 Å². The number of thiocarbonyl (C=S) groups is 1. The number of pyridine rings is 1. The van der Waals surface area contributed by atoms with Gasteiger partial charge in [0.1, 0.15) is 15.8 Å². The van der Waals surface area contributed by atoms with Gasteiger partial charge in [0.15, 0.2) is 0 Å². The van der Waals surface area contributed by atoms with Gasteiger partial charge in [0.2, 0.25) is 0 Å². The highest BCUT2D eigenvalue weighted by Crippen LogP contribution is 2.34. The highest BCUT2D eigenvalue weighted by molar-refractivity contribution is 8.26. The zero-order valence-electron chi connectivity index (χ0n) is 16.2. The van der Waals surface area contributed by atoms with E-state index in [0.717, 1.165) is 37.4 Å². The molecular formula is C20H22N4O2S3. The number of fused-ring (bicyclic) bond motifs is 1. The molecule has 152 valence electrons. The lowest BCUT2D eigenvalue weighted by Crippen LogP contribution is -2.36. The molecule has 2 aromatic heterocycles. The number of nitrogens with zero attached hydrogens (tertiary/aromatic N) is 4. The van der Waals surface area contributed by atoms with Gasteiger partial charge in [-0.15, -0.1) is 0 Å². The molecule has 0 N–H and O–H groups in total. The Morgan fingerprint density at radius 2 is 2.03 bits per heavy atom. The number of hydrogen-bond acceptors (Lipinski definition) is 7. The average Bonchev–Trinajstić information content (AvgIpc) is 3.01. The fourth-order valence-electron chi connectivity index (χ4n) is 3.37. The fraction of sp³-hybridized carbons (Fsp3) is 0.400. The van der Waals surface area contributed by atoms with E-state index in [1.807, 2.05) is 23.9 Å². The molecule has 0 unspecified atom stereocenters. The lowest BCUT2D eigenvalue weighted by atomic mass is 10.2. The van der Waals surface area contributed by atoms with Crippen molar-refractivity contribution in [2.24, 2.45) is 0 Å². The highest BCUT2D eigenvalue weighted by atomic mass is 32.2. The Morgan fingerprint density at radius 1 is 1.24 bits per heavy atom. The Morgan fingerprint density at radius 3 is 2.79 bits per heavy atom. The fourth-order valence-corrected chi connectivity index (χ4v) is 5.57. The van der Waals surface area contributed by atoms with Gasteiger partial charge in [0.05, 0.1) is 10.5 Å². The SMILES string of the molecule is CCCCN1C(=O)/C(=C/c2c(N3CCSCC3)nc3ccccn3c2=O)SC1=S. The van der Waals surface area contributed by atoms with E-state index in [0.29, 0.717) is 32.8 Å². The largest absolute Gasteiger partial charge is 0.354 e. The third kappa shape index (κ3) is 4.08. The third-order valence-corrected chi connectivity index (χ3v) is 7.26. The van der Waals surface area contributed by atoms with Crippen LogP contribution < -0.4 is 10.5 Å². The molecule has 0 radical (unpaired) electrons. The van der Waals surface area contributed by atoms with Crippen LogP contribution in [-0.2, 0) is 4.79 Å². The van der Waals surface area contributed by atoms with Crippen LogP contribution in [0.15, 0.2) is 34.1 Å². The van der Waals surface area contributed by atoms with Gasteiger partial charge in [0, 0.05) is 37.3 Å². The summed E-state index contributed by atoms with van der Waals surface area (Å²) < 4.78 is 2.09. The molecule has 4 heterocycles. The van der Waals surface area contributed by atoms with Crippen LogP contribution in [0, 0.1) is 0 Å². The number of hydrogen-bond donors (Lipinski definition) is 0. The summed E-state index contributed by atoms with van der Waals surface area (Å²) in [4.78, 5) is 35.3. The lowest BCUT2D eigenvalue weighted by molar-refractivity contribution is -0.122. The van der Waals surface area contributed by atoms with E-state index in [4.69, 9.17) is 17.2 Å². The zero-order chi connectivity index (χ0) is 20.4. The molecule has 2 aliphatic heterocycles. The van der Waals surface area contributed by atoms with Crippen molar-refractivity contribution in [3.05, 3.63) is 45.2 Å². The smallest absolute Gasteiger partial charge is 0.267 e. The van der Waals surface area contributed by atoms with Crippen LogP contribution in [0.25, 0.3) is 11.7 Å². The Kier molecular flexibility index (Phi) is 6.26. The second-order valence-corrected chi connectivity index (χ2v) is 9.77. The monoisotopic (exact) mass is 446 g/mol. The maximum atomic E-state index is 13.3. The van der Waals surface area contributed by atoms with E-state index in [1.54, 1.807) is 23.2 Å². The minimum Gasteiger partial charge on any atom is -0.354 e. The van der Waals surface area contributed by atoms with Gasteiger partial charge < -0.3 is 4.90 Å². The molecule has 0 saturated carbocycles. The van der Waals surface area contributed by atoms with E-state index in [9.17, 15) is 9.59 Å². The van der Waals surface area contributed by atoms with Crippen LogP contribution in [0.1, 0.15) is 25.3 Å². The van der Waals surface area contributed by atoms with E-state index in [1.165, 1.54) is 16.2 Å². The maximum Gasteiger partial charge on any atom is 0.267 e. The molecule has 2 aromatic rings. The summed E-state index contributed by atoms with van der Waals surface area (Å²) in [6.07, 6.45) is 5.29. The van der Waals surface area contributed by atoms with Crippen LogP contribution in [0.4, 0.5) is 5.82 Å². The molecule has 29 heavy (non-hydrogen) atoms. The molecule has 6 nitrogen and oxygen atoms in total. The van der Waals surface area contributed by atoms with Crippen molar-refractivity contribution < 1.29 is 4.79 Å². The minimum absolute atomic E-state index is 0.119. The van der Waals surface area contributed by atoms with Crippen molar-refractivity contribution in [3.63, 3.8) is 0 Å². The van der Waals surface area contributed by atoms with Crippen LogP contribution in [0.3, 0.4) is 0 Å². The molecule has 2 aliphatic rings. The molecule has 4 rings (SSSR count). The second-order valence-electron chi connectivity index (χ2n) is 6.87. The molecule has 9 heteroatoms. The number of unbranched alkanes of at least 4 members (excludes halogenated alkanes) is 1. The highest BCUT2D eigenvalue weighted by Gasteiger charge is 2.32. The van der Waals surface area contributed by atoms with Gasteiger partial charge in [-0.05, 0) is 24.6 Å². The number of rotatable bonds is 5.